The molecule has 0 spiro atoms. The van der Waals surface area contributed by atoms with Gasteiger partial charge in [0, 0.05) is 19.3 Å². The number of nitrogens with zero attached hydrogens (tertiary/aromatic N) is 1. The Morgan fingerprint density at radius 2 is 1.88 bits per heavy atom. The van der Waals surface area contributed by atoms with Crippen molar-refractivity contribution in [2.75, 3.05) is 25.6 Å². The van der Waals surface area contributed by atoms with Crippen LogP contribution in [0, 0.1) is 0 Å². The number of methoxy groups -OCH3 is 1. The van der Waals surface area contributed by atoms with Crippen LogP contribution in [0.4, 0.5) is 5.69 Å². The molecule has 94 valence electrons. The minimum absolute atomic E-state index is 0.171. The second kappa shape index (κ2) is 6.28. The van der Waals surface area contributed by atoms with Crippen molar-refractivity contribution in [3.63, 3.8) is 0 Å². The molecule has 0 radical (unpaired) electrons. The molecule has 0 amide bonds. The lowest BCUT2D eigenvalue weighted by Gasteiger charge is -2.19. The molecule has 1 aromatic carbocycles. The number of ether oxygens (including phenoxy) is 1. The van der Waals surface area contributed by atoms with Crippen LogP contribution in [0.25, 0.3) is 0 Å². The molecule has 0 aliphatic rings. The van der Waals surface area contributed by atoms with E-state index in [0.29, 0.717) is 18.9 Å². The van der Waals surface area contributed by atoms with E-state index in [2.05, 4.69) is 47.7 Å². The maximum absolute atomic E-state index is 11.0. The van der Waals surface area contributed by atoms with E-state index in [9.17, 15) is 4.79 Å². The lowest BCUT2D eigenvalue weighted by atomic mass is 10.0. The number of benzene rings is 1. The Morgan fingerprint density at radius 1 is 1.29 bits per heavy atom. The van der Waals surface area contributed by atoms with E-state index in [1.165, 1.54) is 12.7 Å². The fraction of sp³-hybridized carbons (Fsp3) is 0.500. The number of rotatable bonds is 5. The van der Waals surface area contributed by atoms with Crippen LogP contribution in [-0.2, 0) is 9.53 Å². The Labute approximate surface area is 103 Å². The van der Waals surface area contributed by atoms with E-state index < -0.39 is 0 Å². The van der Waals surface area contributed by atoms with E-state index in [0.717, 1.165) is 5.69 Å². The van der Waals surface area contributed by atoms with Gasteiger partial charge < -0.3 is 9.64 Å². The zero-order chi connectivity index (χ0) is 12.8. The highest BCUT2D eigenvalue weighted by molar-refractivity contribution is 5.70. The molecule has 0 aromatic heterocycles. The van der Waals surface area contributed by atoms with E-state index >= 15 is 0 Å². The third kappa shape index (κ3) is 4.10. The average Bonchev–Trinajstić information content (AvgIpc) is 2.35. The molecule has 0 heterocycles. The number of hydrogen-bond acceptors (Lipinski definition) is 3. The van der Waals surface area contributed by atoms with E-state index in [4.69, 9.17) is 0 Å². The summed E-state index contributed by atoms with van der Waals surface area (Å²) in [7, 11) is 3.40. The molecule has 0 bridgehead atoms. The molecule has 0 fully saturated rings. The van der Waals surface area contributed by atoms with Gasteiger partial charge >= 0.3 is 5.97 Å². The number of carbonyl (C=O) groups excluding carboxylic acids is 1. The van der Waals surface area contributed by atoms with Crippen LogP contribution in [0.3, 0.4) is 0 Å². The topological polar surface area (TPSA) is 29.5 Å². The van der Waals surface area contributed by atoms with Gasteiger partial charge in [-0.05, 0) is 23.6 Å². The highest BCUT2D eigenvalue weighted by atomic mass is 16.5. The maximum Gasteiger partial charge on any atom is 0.307 e. The third-order valence-electron chi connectivity index (χ3n) is 2.88. The van der Waals surface area contributed by atoms with Crippen LogP contribution < -0.4 is 4.90 Å². The lowest BCUT2D eigenvalue weighted by Crippen LogP contribution is -2.21. The number of carbonyl (C=O) groups is 1. The molecule has 1 aromatic rings. The van der Waals surface area contributed by atoms with Crippen molar-refractivity contribution in [2.24, 2.45) is 0 Å². The van der Waals surface area contributed by atoms with Crippen molar-refractivity contribution in [1.29, 1.82) is 0 Å². The second-order valence-electron chi connectivity index (χ2n) is 4.49. The van der Waals surface area contributed by atoms with Crippen LogP contribution in [0.15, 0.2) is 24.3 Å². The molecule has 0 saturated carbocycles. The van der Waals surface area contributed by atoms with Gasteiger partial charge in [-0.25, -0.2) is 0 Å². The molecule has 17 heavy (non-hydrogen) atoms. The third-order valence-corrected chi connectivity index (χ3v) is 2.88. The summed E-state index contributed by atoms with van der Waals surface area (Å²) in [5, 5.41) is 0. The van der Waals surface area contributed by atoms with Gasteiger partial charge in [0.2, 0.25) is 0 Å². The maximum atomic E-state index is 11.0. The summed E-state index contributed by atoms with van der Waals surface area (Å²) in [5.41, 5.74) is 2.45. The summed E-state index contributed by atoms with van der Waals surface area (Å²) in [6, 6.07) is 8.45. The Bertz CT molecular complexity index is 357. The summed E-state index contributed by atoms with van der Waals surface area (Å²) in [6.07, 6.45) is 0.416. The first-order chi connectivity index (χ1) is 8.04. The SMILES string of the molecule is COC(=O)CCN(C)c1ccc(C(C)C)cc1. The molecule has 0 atom stereocenters. The largest absolute Gasteiger partial charge is 0.469 e. The second-order valence-corrected chi connectivity index (χ2v) is 4.49. The van der Waals surface area contributed by atoms with Crippen molar-refractivity contribution in [1.82, 2.24) is 0 Å². The van der Waals surface area contributed by atoms with Crippen molar-refractivity contribution < 1.29 is 9.53 Å². The van der Waals surface area contributed by atoms with E-state index in [1.807, 2.05) is 7.05 Å². The Balaban J connectivity index is 2.57. The van der Waals surface area contributed by atoms with Crippen molar-refractivity contribution >= 4 is 11.7 Å². The smallest absolute Gasteiger partial charge is 0.307 e. The first-order valence-electron chi connectivity index (χ1n) is 5.92. The normalized spacial score (nSPS) is 10.4. The fourth-order valence-corrected chi connectivity index (χ4v) is 1.60. The Kier molecular flexibility index (Phi) is 5.01. The molecular weight excluding hydrogens is 214 g/mol. The van der Waals surface area contributed by atoms with Gasteiger partial charge in [0.25, 0.3) is 0 Å². The molecule has 3 heteroatoms. The first kappa shape index (κ1) is 13.6. The molecule has 0 saturated heterocycles. The standard InChI is InChI=1S/C14H21NO2/c1-11(2)12-5-7-13(8-6-12)15(3)10-9-14(16)17-4/h5-8,11H,9-10H2,1-4H3. The molecule has 0 N–H and O–H groups in total. The van der Waals surface area contributed by atoms with Crippen LogP contribution in [0.1, 0.15) is 31.7 Å². The summed E-state index contributed by atoms with van der Waals surface area (Å²) >= 11 is 0. The monoisotopic (exact) mass is 235 g/mol. The molecule has 0 unspecified atom stereocenters. The molecule has 3 nitrogen and oxygen atoms in total. The van der Waals surface area contributed by atoms with Crippen molar-refractivity contribution in [3.05, 3.63) is 29.8 Å². The molecule has 0 aliphatic heterocycles. The van der Waals surface area contributed by atoms with Crippen LogP contribution >= 0.6 is 0 Å². The predicted octanol–water partition coefficient (Wildman–Crippen LogP) is 2.81. The van der Waals surface area contributed by atoms with Gasteiger partial charge in [-0.15, -0.1) is 0 Å². The van der Waals surface area contributed by atoms with Gasteiger partial charge in [-0.1, -0.05) is 26.0 Å². The minimum atomic E-state index is -0.171. The van der Waals surface area contributed by atoms with Gasteiger partial charge in [-0.2, -0.15) is 0 Å². The zero-order valence-electron chi connectivity index (χ0n) is 11.1. The minimum Gasteiger partial charge on any atom is -0.469 e. The van der Waals surface area contributed by atoms with Crippen LogP contribution in [0.5, 0.6) is 0 Å². The lowest BCUT2D eigenvalue weighted by molar-refractivity contribution is -0.140. The average molecular weight is 235 g/mol. The zero-order valence-corrected chi connectivity index (χ0v) is 11.1. The van der Waals surface area contributed by atoms with E-state index in [-0.39, 0.29) is 5.97 Å². The molecule has 1 rings (SSSR count). The summed E-state index contributed by atoms with van der Waals surface area (Å²) in [5.74, 6) is 0.375. The molecule has 0 aliphatic carbocycles. The highest BCUT2D eigenvalue weighted by Gasteiger charge is 2.06. The number of hydrogen-bond donors (Lipinski definition) is 0. The van der Waals surface area contributed by atoms with Gasteiger partial charge in [0.1, 0.15) is 0 Å². The van der Waals surface area contributed by atoms with Gasteiger partial charge in [0.15, 0.2) is 0 Å². The fourth-order valence-electron chi connectivity index (χ4n) is 1.60. The first-order valence-corrected chi connectivity index (χ1v) is 5.92. The summed E-state index contributed by atoms with van der Waals surface area (Å²) in [6.45, 7) is 5.03. The van der Waals surface area contributed by atoms with Crippen LogP contribution in [0.2, 0.25) is 0 Å². The highest BCUT2D eigenvalue weighted by Crippen LogP contribution is 2.19. The summed E-state index contributed by atoms with van der Waals surface area (Å²) < 4.78 is 4.62. The number of esters is 1. The van der Waals surface area contributed by atoms with Crippen molar-refractivity contribution in [2.45, 2.75) is 26.2 Å². The van der Waals surface area contributed by atoms with Gasteiger partial charge in [-0.3, -0.25) is 4.79 Å². The van der Waals surface area contributed by atoms with E-state index in [1.54, 1.807) is 0 Å². The number of anilines is 1. The van der Waals surface area contributed by atoms with Crippen LogP contribution in [-0.4, -0.2) is 26.7 Å². The molecular formula is C14H21NO2. The Hall–Kier alpha value is -1.51. The van der Waals surface area contributed by atoms with Crippen molar-refractivity contribution in [3.8, 4) is 0 Å². The Morgan fingerprint density at radius 3 is 2.35 bits per heavy atom. The van der Waals surface area contributed by atoms with Gasteiger partial charge in [0.05, 0.1) is 13.5 Å². The predicted molar refractivity (Wildman–Crippen MR) is 70.4 cm³/mol. The quantitative estimate of drug-likeness (QED) is 0.735. The summed E-state index contributed by atoms with van der Waals surface area (Å²) in [4.78, 5) is 13.1.